The Hall–Kier alpha value is -2.08. The summed E-state index contributed by atoms with van der Waals surface area (Å²) in [5.41, 5.74) is 6.93. The summed E-state index contributed by atoms with van der Waals surface area (Å²) in [6.07, 6.45) is 1.93. The first kappa shape index (κ1) is 15.3. The van der Waals surface area contributed by atoms with Gasteiger partial charge in [0.25, 0.3) is 10.0 Å². The molecule has 0 unspecified atom stereocenters. The van der Waals surface area contributed by atoms with Crippen molar-refractivity contribution in [1.29, 1.82) is 0 Å². The number of halogens is 1. The molecule has 0 atom stereocenters. The zero-order valence-electron chi connectivity index (χ0n) is 11.6. The quantitative estimate of drug-likeness (QED) is 0.833. The first-order valence-corrected chi connectivity index (χ1v) is 8.08. The van der Waals surface area contributed by atoms with Crippen molar-refractivity contribution >= 4 is 21.4 Å². The standard InChI is InChI=1S/C15H17FN2O2S/c1-2-4-11-7-9-12(10-8-11)18-21(19,20)15-13(16)5-3-6-14(15)17/h3,5-10,18H,2,4,17H2,1H3. The van der Waals surface area contributed by atoms with Gasteiger partial charge >= 0.3 is 0 Å². The van der Waals surface area contributed by atoms with Gasteiger partial charge in [0, 0.05) is 5.69 Å². The molecule has 0 saturated heterocycles. The van der Waals surface area contributed by atoms with Crippen LogP contribution in [0.25, 0.3) is 0 Å². The predicted molar refractivity (Wildman–Crippen MR) is 82.1 cm³/mol. The highest BCUT2D eigenvalue weighted by Crippen LogP contribution is 2.24. The largest absolute Gasteiger partial charge is 0.398 e. The normalized spacial score (nSPS) is 11.3. The zero-order valence-corrected chi connectivity index (χ0v) is 12.5. The lowest BCUT2D eigenvalue weighted by atomic mass is 10.1. The van der Waals surface area contributed by atoms with Crippen molar-refractivity contribution in [3.8, 4) is 0 Å². The van der Waals surface area contributed by atoms with Crippen molar-refractivity contribution in [2.45, 2.75) is 24.7 Å². The van der Waals surface area contributed by atoms with Crippen molar-refractivity contribution < 1.29 is 12.8 Å². The molecule has 0 aliphatic carbocycles. The van der Waals surface area contributed by atoms with Crippen LogP contribution in [0.5, 0.6) is 0 Å². The van der Waals surface area contributed by atoms with Crippen LogP contribution in [0.3, 0.4) is 0 Å². The maximum atomic E-state index is 13.7. The Morgan fingerprint density at radius 1 is 1.14 bits per heavy atom. The highest BCUT2D eigenvalue weighted by Gasteiger charge is 2.22. The third-order valence-electron chi connectivity index (χ3n) is 3.01. The van der Waals surface area contributed by atoms with Gasteiger partial charge in [0.2, 0.25) is 0 Å². The summed E-state index contributed by atoms with van der Waals surface area (Å²) in [5, 5.41) is 0. The predicted octanol–water partition coefficient (Wildman–Crippen LogP) is 3.16. The van der Waals surface area contributed by atoms with E-state index in [0.717, 1.165) is 24.5 Å². The monoisotopic (exact) mass is 308 g/mol. The van der Waals surface area contributed by atoms with E-state index >= 15 is 0 Å². The Balaban J connectivity index is 2.29. The maximum absolute atomic E-state index is 13.7. The molecule has 112 valence electrons. The third kappa shape index (κ3) is 3.52. The van der Waals surface area contributed by atoms with E-state index in [1.807, 2.05) is 12.1 Å². The van der Waals surface area contributed by atoms with Gasteiger partial charge in [-0.3, -0.25) is 4.72 Å². The molecule has 0 aromatic heterocycles. The molecule has 0 heterocycles. The van der Waals surface area contributed by atoms with E-state index in [1.54, 1.807) is 12.1 Å². The maximum Gasteiger partial charge on any atom is 0.266 e. The van der Waals surface area contributed by atoms with Crippen molar-refractivity contribution in [3.63, 3.8) is 0 Å². The van der Waals surface area contributed by atoms with Gasteiger partial charge < -0.3 is 5.73 Å². The fourth-order valence-corrected chi connectivity index (χ4v) is 3.29. The van der Waals surface area contributed by atoms with E-state index in [9.17, 15) is 12.8 Å². The van der Waals surface area contributed by atoms with Gasteiger partial charge in [-0.25, -0.2) is 12.8 Å². The van der Waals surface area contributed by atoms with E-state index < -0.39 is 20.7 Å². The number of sulfonamides is 1. The van der Waals surface area contributed by atoms with Crippen LogP contribution in [-0.4, -0.2) is 8.42 Å². The second-order valence-corrected chi connectivity index (χ2v) is 6.33. The lowest BCUT2D eigenvalue weighted by molar-refractivity contribution is 0.572. The number of nitrogen functional groups attached to an aromatic ring is 1. The SMILES string of the molecule is CCCc1ccc(NS(=O)(=O)c2c(N)cccc2F)cc1. The molecule has 0 bridgehead atoms. The van der Waals surface area contributed by atoms with Gasteiger partial charge in [0.15, 0.2) is 0 Å². The van der Waals surface area contributed by atoms with Crippen molar-refractivity contribution in [1.82, 2.24) is 0 Å². The summed E-state index contributed by atoms with van der Waals surface area (Å²) < 4.78 is 40.5. The number of nitrogens with one attached hydrogen (secondary N) is 1. The lowest BCUT2D eigenvalue weighted by Crippen LogP contribution is -2.16. The van der Waals surface area contributed by atoms with Gasteiger partial charge in [0.05, 0.1) is 5.69 Å². The fourth-order valence-electron chi connectivity index (χ4n) is 2.04. The Bertz CT molecular complexity index is 708. The summed E-state index contributed by atoms with van der Waals surface area (Å²) >= 11 is 0. The van der Waals surface area contributed by atoms with Crippen LogP contribution in [0, 0.1) is 5.82 Å². The van der Waals surface area contributed by atoms with Crippen LogP contribution < -0.4 is 10.5 Å². The molecule has 0 spiro atoms. The Labute approximate surface area is 123 Å². The van der Waals surface area contributed by atoms with Crippen molar-refractivity contribution in [2.75, 3.05) is 10.5 Å². The third-order valence-corrected chi connectivity index (χ3v) is 4.48. The van der Waals surface area contributed by atoms with Crippen molar-refractivity contribution in [2.24, 2.45) is 0 Å². The van der Waals surface area contributed by atoms with E-state index in [4.69, 9.17) is 5.73 Å². The fraction of sp³-hybridized carbons (Fsp3) is 0.200. The van der Waals surface area contributed by atoms with Crippen LogP contribution in [0.4, 0.5) is 15.8 Å². The van der Waals surface area contributed by atoms with Gasteiger partial charge in [-0.05, 0) is 36.2 Å². The van der Waals surface area contributed by atoms with Gasteiger partial charge in [-0.15, -0.1) is 0 Å². The summed E-state index contributed by atoms with van der Waals surface area (Å²) in [6.45, 7) is 2.07. The molecule has 0 radical (unpaired) electrons. The van der Waals surface area contributed by atoms with E-state index in [0.29, 0.717) is 5.69 Å². The molecule has 0 amide bonds. The van der Waals surface area contributed by atoms with E-state index in [2.05, 4.69) is 11.6 Å². The Kier molecular flexibility index (Phi) is 4.47. The van der Waals surface area contributed by atoms with Crippen LogP contribution in [0.15, 0.2) is 47.4 Å². The summed E-state index contributed by atoms with van der Waals surface area (Å²) in [7, 11) is -4.05. The van der Waals surface area contributed by atoms with E-state index in [1.165, 1.54) is 12.1 Å². The van der Waals surface area contributed by atoms with E-state index in [-0.39, 0.29) is 5.69 Å². The number of nitrogens with two attached hydrogens (primary N) is 1. The van der Waals surface area contributed by atoms with Crippen molar-refractivity contribution in [3.05, 3.63) is 53.8 Å². The average Bonchev–Trinajstić information content (AvgIpc) is 2.40. The highest BCUT2D eigenvalue weighted by molar-refractivity contribution is 7.92. The first-order valence-electron chi connectivity index (χ1n) is 6.60. The molecule has 2 aromatic carbocycles. The molecule has 2 rings (SSSR count). The molecule has 6 heteroatoms. The number of aryl methyl sites for hydroxylation is 1. The molecule has 0 aliphatic heterocycles. The second kappa shape index (κ2) is 6.13. The Morgan fingerprint density at radius 3 is 2.38 bits per heavy atom. The van der Waals surface area contributed by atoms with Gasteiger partial charge in [0.1, 0.15) is 10.7 Å². The van der Waals surface area contributed by atoms with Gasteiger partial charge in [-0.2, -0.15) is 0 Å². The number of hydrogen-bond acceptors (Lipinski definition) is 3. The smallest absolute Gasteiger partial charge is 0.266 e. The molecule has 4 nitrogen and oxygen atoms in total. The summed E-state index contributed by atoms with van der Waals surface area (Å²) in [4.78, 5) is -0.525. The average molecular weight is 308 g/mol. The van der Waals surface area contributed by atoms with Crippen LogP contribution in [0.2, 0.25) is 0 Å². The molecular formula is C15H17FN2O2S. The molecule has 0 saturated carbocycles. The second-order valence-electron chi connectivity index (χ2n) is 4.71. The summed E-state index contributed by atoms with van der Waals surface area (Å²) in [6, 6.07) is 10.8. The Morgan fingerprint density at radius 2 is 1.81 bits per heavy atom. The van der Waals surface area contributed by atoms with Gasteiger partial charge in [-0.1, -0.05) is 31.5 Å². The summed E-state index contributed by atoms with van der Waals surface area (Å²) in [5.74, 6) is -0.870. The zero-order chi connectivity index (χ0) is 15.5. The topological polar surface area (TPSA) is 72.2 Å². The van der Waals surface area contributed by atoms with Crippen LogP contribution >= 0.6 is 0 Å². The highest BCUT2D eigenvalue weighted by atomic mass is 32.2. The first-order chi connectivity index (χ1) is 9.94. The lowest BCUT2D eigenvalue weighted by Gasteiger charge is -2.11. The number of benzene rings is 2. The number of rotatable bonds is 5. The minimum atomic E-state index is -4.05. The molecular weight excluding hydrogens is 291 g/mol. The number of anilines is 2. The van der Waals surface area contributed by atoms with Crippen LogP contribution in [0.1, 0.15) is 18.9 Å². The minimum absolute atomic E-state index is 0.120. The molecule has 3 N–H and O–H groups in total. The molecule has 2 aromatic rings. The molecule has 0 fully saturated rings. The minimum Gasteiger partial charge on any atom is -0.398 e. The number of hydrogen-bond donors (Lipinski definition) is 2. The molecule has 0 aliphatic rings. The molecule has 21 heavy (non-hydrogen) atoms. The van der Waals surface area contributed by atoms with Crippen LogP contribution in [-0.2, 0) is 16.4 Å².